The summed E-state index contributed by atoms with van der Waals surface area (Å²) in [4.78, 5) is 35.2. The summed E-state index contributed by atoms with van der Waals surface area (Å²) in [6.07, 6.45) is 1.78. The molecule has 0 bridgehead atoms. The normalized spacial score (nSPS) is 15.0. The first-order valence-electron chi connectivity index (χ1n) is 10.4. The van der Waals surface area contributed by atoms with Crippen LogP contribution in [-0.4, -0.2) is 26.8 Å². The van der Waals surface area contributed by atoms with Crippen LogP contribution in [0.15, 0.2) is 59.5 Å². The minimum atomic E-state index is -0.942. The van der Waals surface area contributed by atoms with Crippen molar-refractivity contribution in [1.82, 2.24) is 9.88 Å². The quantitative estimate of drug-likeness (QED) is 0.397. The van der Waals surface area contributed by atoms with Crippen molar-refractivity contribution in [2.45, 2.75) is 20.4 Å². The lowest BCUT2D eigenvalue weighted by Crippen LogP contribution is -2.17. The number of aromatic carboxylic acids is 1. The molecule has 5 rings (SSSR count). The van der Waals surface area contributed by atoms with Crippen LogP contribution in [0.2, 0.25) is 0 Å². The first kappa shape index (κ1) is 21.0. The van der Waals surface area contributed by atoms with Crippen molar-refractivity contribution in [2.24, 2.45) is 0 Å². The summed E-state index contributed by atoms with van der Waals surface area (Å²) in [6, 6.07) is 17.2. The second-order valence-corrected chi connectivity index (χ2v) is 9.10. The van der Waals surface area contributed by atoms with Gasteiger partial charge in [0.2, 0.25) is 0 Å². The molecule has 1 aromatic heterocycles. The number of fused-ring (bicyclic) bond motifs is 3. The molecule has 1 saturated heterocycles. The molecule has 1 aliphatic heterocycles. The summed E-state index contributed by atoms with van der Waals surface area (Å²) in [7, 11) is 0. The Bertz CT molecular complexity index is 1510. The van der Waals surface area contributed by atoms with Crippen molar-refractivity contribution in [2.75, 3.05) is 0 Å². The number of nitrogens with zero attached hydrogens (tertiary/aromatic N) is 1. The van der Waals surface area contributed by atoms with Crippen molar-refractivity contribution < 1.29 is 19.5 Å². The van der Waals surface area contributed by atoms with Gasteiger partial charge in [-0.2, -0.15) is 0 Å². The van der Waals surface area contributed by atoms with E-state index in [1.54, 1.807) is 18.2 Å². The van der Waals surface area contributed by atoms with E-state index < -0.39 is 5.97 Å². The number of carboxylic acids is 1. The largest absolute Gasteiger partial charge is 0.478 e. The van der Waals surface area contributed by atoms with Crippen molar-refractivity contribution >= 4 is 56.8 Å². The van der Waals surface area contributed by atoms with Crippen molar-refractivity contribution in [3.8, 4) is 0 Å². The van der Waals surface area contributed by atoms with E-state index in [1.807, 2.05) is 44.2 Å². The van der Waals surface area contributed by atoms with Gasteiger partial charge < -0.3 is 9.67 Å². The molecular weight excluding hydrogens is 436 g/mol. The van der Waals surface area contributed by atoms with E-state index in [-0.39, 0.29) is 16.7 Å². The highest BCUT2D eigenvalue weighted by molar-refractivity contribution is 8.18. The van der Waals surface area contributed by atoms with E-state index in [2.05, 4.69) is 22.0 Å². The van der Waals surface area contributed by atoms with Gasteiger partial charge in [0.25, 0.3) is 11.1 Å². The number of amides is 2. The van der Waals surface area contributed by atoms with Crippen LogP contribution in [0.3, 0.4) is 0 Å². The summed E-state index contributed by atoms with van der Waals surface area (Å²) in [5.74, 6) is -1.31. The molecule has 0 aliphatic carbocycles. The molecule has 2 amide bonds. The van der Waals surface area contributed by atoms with Gasteiger partial charge in [-0.15, -0.1) is 0 Å². The average Bonchev–Trinajstić information content (AvgIpc) is 3.29. The van der Waals surface area contributed by atoms with Crippen LogP contribution < -0.4 is 5.32 Å². The topological polar surface area (TPSA) is 88.4 Å². The number of aromatic nitrogens is 1. The van der Waals surface area contributed by atoms with Crippen molar-refractivity contribution in [3.63, 3.8) is 0 Å². The van der Waals surface area contributed by atoms with Gasteiger partial charge in [-0.3, -0.25) is 14.9 Å². The minimum absolute atomic E-state index is 0.262. The Kier molecular flexibility index (Phi) is 5.06. The van der Waals surface area contributed by atoms with Crippen LogP contribution in [0.1, 0.15) is 32.6 Å². The summed E-state index contributed by atoms with van der Waals surface area (Å²) in [5, 5.41) is 13.4. The van der Waals surface area contributed by atoms with Crippen LogP contribution >= 0.6 is 11.8 Å². The maximum Gasteiger partial charge on any atom is 0.335 e. The Morgan fingerprint density at radius 1 is 1.09 bits per heavy atom. The van der Waals surface area contributed by atoms with E-state index in [9.17, 15) is 19.5 Å². The number of rotatable bonds is 4. The third kappa shape index (κ3) is 3.60. The highest BCUT2D eigenvalue weighted by Crippen LogP contribution is 2.37. The Morgan fingerprint density at radius 3 is 2.48 bits per heavy atom. The van der Waals surface area contributed by atoms with Gasteiger partial charge in [0.15, 0.2) is 0 Å². The number of benzene rings is 3. The third-order valence-electron chi connectivity index (χ3n) is 5.99. The van der Waals surface area contributed by atoms with Crippen LogP contribution in [0, 0.1) is 13.8 Å². The highest BCUT2D eigenvalue weighted by Gasteiger charge is 2.26. The molecule has 4 aromatic rings. The van der Waals surface area contributed by atoms with E-state index in [0.29, 0.717) is 11.4 Å². The zero-order chi connectivity index (χ0) is 23.3. The number of hydrogen-bond acceptors (Lipinski definition) is 4. The molecule has 0 atom stereocenters. The fraction of sp³-hybridized carbons (Fsp3) is 0.115. The van der Waals surface area contributed by atoms with E-state index in [0.717, 1.165) is 55.8 Å². The third-order valence-corrected chi connectivity index (χ3v) is 6.81. The van der Waals surface area contributed by atoms with Crippen LogP contribution in [0.25, 0.3) is 27.9 Å². The fourth-order valence-electron chi connectivity index (χ4n) is 4.46. The molecule has 7 heteroatoms. The number of imide groups is 1. The number of thioether (sulfide) groups is 1. The summed E-state index contributed by atoms with van der Waals surface area (Å²) in [6.45, 7) is 4.67. The lowest BCUT2D eigenvalue weighted by molar-refractivity contribution is -0.115. The molecule has 0 unspecified atom stereocenters. The number of carboxylic acid groups (broad SMARTS) is 1. The van der Waals surface area contributed by atoms with Gasteiger partial charge in [0.05, 0.1) is 16.0 Å². The first-order valence-corrected chi connectivity index (χ1v) is 11.2. The maximum atomic E-state index is 12.1. The van der Waals surface area contributed by atoms with Gasteiger partial charge in [0, 0.05) is 22.8 Å². The summed E-state index contributed by atoms with van der Waals surface area (Å²) >= 11 is 0.917. The zero-order valence-corrected chi connectivity index (χ0v) is 18.8. The highest BCUT2D eigenvalue weighted by atomic mass is 32.2. The minimum Gasteiger partial charge on any atom is -0.478 e. The number of carbonyl (C=O) groups is 3. The maximum absolute atomic E-state index is 12.1. The SMILES string of the molecule is Cc1c(/C=C2/SC(=O)NC2=O)cc(C)c2c1c1ccccc1n2Cc1ccc(C(=O)O)cc1. The molecule has 1 aliphatic rings. The molecule has 164 valence electrons. The van der Waals surface area contributed by atoms with Gasteiger partial charge in [-0.05, 0) is 78.2 Å². The van der Waals surface area contributed by atoms with E-state index in [4.69, 9.17) is 0 Å². The molecule has 33 heavy (non-hydrogen) atoms. The van der Waals surface area contributed by atoms with Gasteiger partial charge in [0.1, 0.15) is 0 Å². The second-order valence-electron chi connectivity index (χ2n) is 8.09. The molecule has 0 radical (unpaired) electrons. The van der Waals surface area contributed by atoms with Crippen molar-refractivity contribution in [3.05, 3.63) is 87.3 Å². The molecule has 3 aromatic carbocycles. The first-order chi connectivity index (χ1) is 15.8. The van der Waals surface area contributed by atoms with Gasteiger partial charge in [-0.1, -0.05) is 30.3 Å². The summed E-state index contributed by atoms with van der Waals surface area (Å²) in [5.41, 5.74) is 6.43. The lowest BCUT2D eigenvalue weighted by Gasteiger charge is -2.12. The van der Waals surface area contributed by atoms with Crippen molar-refractivity contribution in [1.29, 1.82) is 0 Å². The Morgan fingerprint density at radius 2 is 1.82 bits per heavy atom. The Labute approximate surface area is 193 Å². The number of nitrogens with one attached hydrogen (secondary N) is 1. The molecule has 1 fully saturated rings. The Balaban J connectivity index is 1.70. The van der Waals surface area contributed by atoms with E-state index in [1.165, 1.54) is 0 Å². The summed E-state index contributed by atoms with van der Waals surface area (Å²) < 4.78 is 2.25. The standard InChI is InChI=1S/C26H20N2O4S/c1-14-11-18(12-21-24(29)27-26(32)33-21)15(2)22-19-5-3-4-6-20(19)28(23(14)22)13-16-7-9-17(10-8-16)25(30)31/h3-12H,13H2,1-2H3,(H,30,31)(H,27,29,32)/b21-12+. The molecule has 0 saturated carbocycles. The molecule has 6 nitrogen and oxygen atoms in total. The predicted molar refractivity (Wildman–Crippen MR) is 131 cm³/mol. The average molecular weight is 457 g/mol. The molecule has 2 heterocycles. The zero-order valence-electron chi connectivity index (χ0n) is 18.0. The monoisotopic (exact) mass is 456 g/mol. The number of para-hydroxylation sites is 1. The number of hydrogen-bond donors (Lipinski definition) is 2. The predicted octanol–water partition coefficient (Wildman–Crippen LogP) is 5.48. The fourth-order valence-corrected chi connectivity index (χ4v) is 5.13. The number of aryl methyl sites for hydroxylation is 2. The van der Waals surface area contributed by atoms with Crippen LogP contribution in [0.4, 0.5) is 4.79 Å². The van der Waals surface area contributed by atoms with E-state index >= 15 is 0 Å². The van der Waals surface area contributed by atoms with Crippen LogP contribution in [0.5, 0.6) is 0 Å². The second kappa shape index (κ2) is 7.94. The lowest BCUT2D eigenvalue weighted by atomic mass is 9.98. The number of carbonyl (C=O) groups excluding carboxylic acids is 2. The van der Waals surface area contributed by atoms with Gasteiger partial charge in [-0.25, -0.2) is 4.79 Å². The smallest absolute Gasteiger partial charge is 0.335 e. The molecule has 0 spiro atoms. The molecular formula is C26H20N2O4S. The Hall–Kier alpha value is -3.84. The molecule has 2 N–H and O–H groups in total. The van der Waals surface area contributed by atoms with Crippen LogP contribution in [-0.2, 0) is 11.3 Å². The van der Waals surface area contributed by atoms with Gasteiger partial charge >= 0.3 is 5.97 Å².